The van der Waals surface area contributed by atoms with E-state index in [1.165, 1.54) is 5.56 Å². The molecular formula is C18H23N5O. The molecule has 0 unspecified atom stereocenters. The summed E-state index contributed by atoms with van der Waals surface area (Å²) in [6.45, 7) is 7.11. The summed E-state index contributed by atoms with van der Waals surface area (Å²) in [5.41, 5.74) is 2.10. The smallest absolute Gasteiger partial charge is 0.321 e. The van der Waals surface area contributed by atoms with Crippen molar-refractivity contribution in [3.05, 3.63) is 48.3 Å². The molecule has 6 heteroatoms. The average molecular weight is 325 g/mol. The second-order valence-corrected chi connectivity index (χ2v) is 6.23. The Balaban J connectivity index is 1.53. The minimum atomic E-state index is -0.0547. The van der Waals surface area contributed by atoms with Crippen LogP contribution in [0.15, 0.2) is 42.7 Å². The van der Waals surface area contributed by atoms with Crippen molar-refractivity contribution in [1.29, 1.82) is 0 Å². The van der Waals surface area contributed by atoms with Crippen molar-refractivity contribution in [3.8, 4) is 0 Å². The molecule has 0 bridgehead atoms. The summed E-state index contributed by atoms with van der Waals surface area (Å²) in [6, 6.07) is 9.79. The van der Waals surface area contributed by atoms with E-state index in [-0.39, 0.29) is 6.03 Å². The number of nitrogens with one attached hydrogen (secondary N) is 1. The molecule has 126 valence electrons. The Labute approximate surface area is 142 Å². The number of rotatable bonds is 3. The molecule has 2 amide bonds. The molecule has 1 N–H and O–H groups in total. The minimum absolute atomic E-state index is 0.0547. The van der Waals surface area contributed by atoms with E-state index in [0.717, 1.165) is 24.7 Å². The lowest BCUT2D eigenvalue weighted by Crippen LogP contribution is -2.50. The Bertz CT molecular complexity index is 664. The van der Waals surface area contributed by atoms with Gasteiger partial charge >= 0.3 is 6.03 Å². The van der Waals surface area contributed by atoms with Gasteiger partial charge in [0.25, 0.3) is 0 Å². The number of hydrogen-bond donors (Lipinski definition) is 1. The quantitative estimate of drug-likeness (QED) is 0.942. The van der Waals surface area contributed by atoms with Gasteiger partial charge in [0.15, 0.2) is 0 Å². The molecule has 0 atom stereocenters. The summed E-state index contributed by atoms with van der Waals surface area (Å²) in [7, 11) is 0. The highest BCUT2D eigenvalue weighted by Crippen LogP contribution is 2.18. The zero-order valence-corrected chi connectivity index (χ0v) is 14.1. The molecule has 6 nitrogen and oxygen atoms in total. The molecule has 1 aromatic heterocycles. The van der Waals surface area contributed by atoms with Gasteiger partial charge in [0.2, 0.25) is 5.95 Å². The molecule has 1 saturated heterocycles. The van der Waals surface area contributed by atoms with Crippen molar-refractivity contribution in [1.82, 2.24) is 14.9 Å². The van der Waals surface area contributed by atoms with Crippen LogP contribution in [0, 0.1) is 0 Å². The molecule has 0 spiro atoms. The van der Waals surface area contributed by atoms with Gasteiger partial charge in [-0.1, -0.05) is 26.0 Å². The second-order valence-electron chi connectivity index (χ2n) is 6.23. The van der Waals surface area contributed by atoms with Crippen LogP contribution in [0.1, 0.15) is 25.3 Å². The van der Waals surface area contributed by atoms with Gasteiger partial charge < -0.3 is 15.1 Å². The predicted octanol–water partition coefficient (Wildman–Crippen LogP) is 2.95. The van der Waals surface area contributed by atoms with E-state index < -0.39 is 0 Å². The number of hydrogen-bond acceptors (Lipinski definition) is 4. The van der Waals surface area contributed by atoms with Crippen LogP contribution in [-0.2, 0) is 0 Å². The highest BCUT2D eigenvalue weighted by Gasteiger charge is 2.22. The van der Waals surface area contributed by atoms with Gasteiger partial charge in [0.05, 0.1) is 0 Å². The molecule has 1 aliphatic rings. The van der Waals surface area contributed by atoms with E-state index in [1.54, 1.807) is 18.5 Å². The fourth-order valence-corrected chi connectivity index (χ4v) is 2.72. The highest BCUT2D eigenvalue weighted by atomic mass is 16.2. The number of anilines is 2. The van der Waals surface area contributed by atoms with Gasteiger partial charge in [-0.15, -0.1) is 0 Å². The largest absolute Gasteiger partial charge is 0.337 e. The number of amides is 2. The molecule has 0 radical (unpaired) electrons. The third-order valence-electron chi connectivity index (χ3n) is 4.23. The first-order valence-electron chi connectivity index (χ1n) is 8.31. The summed E-state index contributed by atoms with van der Waals surface area (Å²) >= 11 is 0. The number of nitrogens with zero attached hydrogens (tertiary/aromatic N) is 4. The fourth-order valence-electron chi connectivity index (χ4n) is 2.72. The van der Waals surface area contributed by atoms with Crippen LogP contribution < -0.4 is 10.2 Å². The van der Waals surface area contributed by atoms with Gasteiger partial charge in [0, 0.05) is 44.3 Å². The van der Waals surface area contributed by atoms with Crippen LogP contribution in [-0.4, -0.2) is 47.1 Å². The average Bonchev–Trinajstić information content (AvgIpc) is 2.63. The van der Waals surface area contributed by atoms with Crippen molar-refractivity contribution >= 4 is 17.7 Å². The molecule has 0 saturated carbocycles. The minimum Gasteiger partial charge on any atom is -0.337 e. The number of piperazine rings is 1. The SMILES string of the molecule is CC(C)c1ccc(NC(=O)N2CCN(c3ncccn3)CC2)cc1. The van der Waals surface area contributed by atoms with Gasteiger partial charge in [-0.3, -0.25) is 0 Å². The lowest BCUT2D eigenvalue weighted by atomic mass is 10.0. The third-order valence-corrected chi connectivity index (χ3v) is 4.23. The van der Waals surface area contributed by atoms with Crippen LogP contribution >= 0.6 is 0 Å². The first-order valence-corrected chi connectivity index (χ1v) is 8.31. The Morgan fingerprint density at radius 3 is 2.25 bits per heavy atom. The molecule has 2 aromatic rings. The van der Waals surface area contributed by atoms with E-state index >= 15 is 0 Å². The van der Waals surface area contributed by atoms with Gasteiger partial charge in [-0.25, -0.2) is 14.8 Å². The Hall–Kier alpha value is -2.63. The maximum Gasteiger partial charge on any atom is 0.321 e. The van der Waals surface area contributed by atoms with Crippen molar-refractivity contribution in [3.63, 3.8) is 0 Å². The van der Waals surface area contributed by atoms with E-state index in [4.69, 9.17) is 0 Å². The fraction of sp³-hybridized carbons (Fsp3) is 0.389. The first kappa shape index (κ1) is 16.2. The van der Waals surface area contributed by atoms with Crippen LogP contribution in [0.2, 0.25) is 0 Å². The molecule has 2 heterocycles. The summed E-state index contributed by atoms with van der Waals surface area (Å²) < 4.78 is 0. The number of urea groups is 1. The second kappa shape index (κ2) is 7.29. The van der Waals surface area contributed by atoms with E-state index in [2.05, 4.69) is 46.2 Å². The summed E-state index contributed by atoms with van der Waals surface area (Å²) in [5.74, 6) is 1.21. The Morgan fingerprint density at radius 2 is 1.67 bits per heavy atom. The standard InChI is InChI=1S/C18H23N5O/c1-14(2)15-4-6-16(7-5-15)21-18(24)23-12-10-22(11-13-23)17-19-8-3-9-20-17/h3-9,14H,10-13H2,1-2H3,(H,21,24). The molecule has 24 heavy (non-hydrogen) atoms. The van der Waals surface area contributed by atoms with Gasteiger partial charge in [-0.05, 0) is 29.7 Å². The van der Waals surface area contributed by atoms with Crippen LogP contribution in [0.4, 0.5) is 16.4 Å². The molecule has 1 aliphatic heterocycles. The molecule has 3 rings (SSSR count). The number of aromatic nitrogens is 2. The van der Waals surface area contributed by atoms with Crippen LogP contribution in [0.25, 0.3) is 0 Å². The van der Waals surface area contributed by atoms with E-state index in [0.29, 0.717) is 19.0 Å². The monoisotopic (exact) mass is 325 g/mol. The maximum absolute atomic E-state index is 12.4. The summed E-state index contributed by atoms with van der Waals surface area (Å²) in [4.78, 5) is 24.8. The summed E-state index contributed by atoms with van der Waals surface area (Å²) in [6.07, 6.45) is 3.48. The molecular weight excluding hydrogens is 302 g/mol. The Morgan fingerprint density at radius 1 is 1.04 bits per heavy atom. The van der Waals surface area contributed by atoms with Gasteiger partial charge in [-0.2, -0.15) is 0 Å². The first-order chi connectivity index (χ1) is 11.6. The summed E-state index contributed by atoms with van der Waals surface area (Å²) in [5, 5.41) is 2.97. The molecule has 1 fully saturated rings. The van der Waals surface area contributed by atoms with Crippen molar-refractivity contribution in [2.75, 3.05) is 36.4 Å². The zero-order chi connectivity index (χ0) is 16.9. The molecule has 1 aromatic carbocycles. The molecule has 0 aliphatic carbocycles. The van der Waals surface area contributed by atoms with Crippen LogP contribution in [0.3, 0.4) is 0 Å². The lowest BCUT2D eigenvalue weighted by molar-refractivity contribution is 0.208. The number of carbonyl (C=O) groups excluding carboxylic acids is 1. The lowest BCUT2D eigenvalue weighted by Gasteiger charge is -2.34. The van der Waals surface area contributed by atoms with Crippen LogP contribution in [0.5, 0.6) is 0 Å². The highest BCUT2D eigenvalue weighted by molar-refractivity contribution is 5.89. The normalized spacial score (nSPS) is 14.8. The van der Waals surface area contributed by atoms with Gasteiger partial charge in [0.1, 0.15) is 0 Å². The predicted molar refractivity (Wildman–Crippen MR) is 95.4 cm³/mol. The van der Waals surface area contributed by atoms with Crippen molar-refractivity contribution in [2.24, 2.45) is 0 Å². The van der Waals surface area contributed by atoms with E-state index in [1.807, 2.05) is 17.0 Å². The number of carbonyl (C=O) groups is 1. The van der Waals surface area contributed by atoms with Crippen molar-refractivity contribution in [2.45, 2.75) is 19.8 Å². The maximum atomic E-state index is 12.4. The Kier molecular flexibility index (Phi) is 4.93. The van der Waals surface area contributed by atoms with Crippen molar-refractivity contribution < 1.29 is 4.79 Å². The van der Waals surface area contributed by atoms with E-state index in [9.17, 15) is 4.79 Å². The zero-order valence-electron chi connectivity index (χ0n) is 14.1. The topological polar surface area (TPSA) is 61.4 Å². The third kappa shape index (κ3) is 3.82. The number of benzene rings is 1.